The van der Waals surface area contributed by atoms with E-state index >= 15 is 0 Å². The van der Waals surface area contributed by atoms with Crippen molar-refractivity contribution in [2.75, 3.05) is 19.6 Å². The van der Waals surface area contributed by atoms with Gasteiger partial charge in [-0.3, -0.25) is 0 Å². The fourth-order valence-electron chi connectivity index (χ4n) is 3.30. The average Bonchev–Trinajstić information content (AvgIpc) is 3.25. The maximum absolute atomic E-state index is 11.0. The minimum Gasteiger partial charge on any atom is -0.383 e. The second-order valence-electron chi connectivity index (χ2n) is 6.63. The number of aromatic nitrogens is 1. The van der Waals surface area contributed by atoms with Gasteiger partial charge in [0.2, 0.25) is 0 Å². The minimum absolute atomic E-state index is 0.372. The number of aryl methyl sites for hydroxylation is 2. The van der Waals surface area contributed by atoms with E-state index in [4.69, 9.17) is 0 Å². The number of aliphatic hydroxyl groups is 1. The van der Waals surface area contributed by atoms with E-state index < -0.39 is 5.60 Å². The Labute approximate surface area is 159 Å². The van der Waals surface area contributed by atoms with E-state index in [1.807, 2.05) is 31.3 Å². The van der Waals surface area contributed by atoms with Gasteiger partial charge in [-0.1, -0.05) is 31.2 Å². The van der Waals surface area contributed by atoms with Crippen LogP contribution in [0.1, 0.15) is 41.3 Å². The highest BCUT2D eigenvalue weighted by atomic mass is 32.1. The number of nitrogens with one attached hydrogen (secondary N) is 2. The summed E-state index contributed by atoms with van der Waals surface area (Å²) >= 11 is 1.77. The lowest BCUT2D eigenvalue weighted by atomic mass is 9.96. The molecule has 0 saturated heterocycles. The third-order valence-electron chi connectivity index (χ3n) is 4.75. The van der Waals surface area contributed by atoms with Crippen molar-refractivity contribution < 1.29 is 5.11 Å². The quantitative estimate of drug-likeness (QED) is 0.516. The van der Waals surface area contributed by atoms with Crippen LogP contribution in [0.15, 0.2) is 35.5 Å². The first-order valence-electron chi connectivity index (χ1n) is 9.41. The van der Waals surface area contributed by atoms with Gasteiger partial charge in [-0.25, -0.2) is 9.98 Å². The van der Waals surface area contributed by atoms with Crippen LogP contribution in [0.2, 0.25) is 0 Å². The molecule has 0 bridgehead atoms. The Balaban J connectivity index is 1.58. The zero-order valence-electron chi connectivity index (χ0n) is 15.6. The lowest BCUT2D eigenvalue weighted by Crippen LogP contribution is -2.39. The lowest BCUT2D eigenvalue weighted by molar-refractivity contribution is 0.0485. The first-order valence-corrected chi connectivity index (χ1v) is 10.2. The van der Waals surface area contributed by atoms with Gasteiger partial charge in [0.05, 0.1) is 11.6 Å². The molecule has 1 heterocycles. The zero-order valence-corrected chi connectivity index (χ0v) is 16.4. The number of guanidine groups is 1. The molecule has 2 aromatic rings. The molecule has 0 saturated carbocycles. The van der Waals surface area contributed by atoms with Gasteiger partial charge in [-0.2, -0.15) is 0 Å². The number of aliphatic imine (C=N–C) groups is 1. The molecule has 5 nitrogen and oxygen atoms in total. The molecule has 6 heteroatoms. The molecule has 0 spiro atoms. The van der Waals surface area contributed by atoms with Crippen molar-refractivity contribution in [1.29, 1.82) is 0 Å². The second kappa shape index (κ2) is 8.64. The van der Waals surface area contributed by atoms with Crippen LogP contribution in [0.3, 0.4) is 0 Å². The van der Waals surface area contributed by atoms with Gasteiger partial charge >= 0.3 is 0 Å². The van der Waals surface area contributed by atoms with Crippen LogP contribution in [0.4, 0.5) is 0 Å². The summed E-state index contributed by atoms with van der Waals surface area (Å²) in [5, 5.41) is 18.8. The fraction of sp³-hybridized carbons (Fsp3) is 0.500. The minimum atomic E-state index is -0.857. The highest BCUT2D eigenvalue weighted by Crippen LogP contribution is 2.36. The van der Waals surface area contributed by atoms with Crippen LogP contribution in [-0.4, -0.2) is 35.7 Å². The molecule has 1 aliphatic rings. The Hall–Kier alpha value is -1.92. The summed E-state index contributed by atoms with van der Waals surface area (Å²) in [5.74, 6) is 0.748. The molecular formula is C20H28N4OS. The van der Waals surface area contributed by atoms with E-state index in [9.17, 15) is 5.11 Å². The summed E-state index contributed by atoms with van der Waals surface area (Å²) in [6.07, 6.45) is 5.52. The van der Waals surface area contributed by atoms with Crippen LogP contribution >= 0.6 is 11.3 Å². The van der Waals surface area contributed by atoms with Crippen LogP contribution in [0, 0.1) is 0 Å². The van der Waals surface area contributed by atoms with E-state index in [0.717, 1.165) is 55.3 Å². The van der Waals surface area contributed by atoms with Crippen molar-refractivity contribution in [3.05, 3.63) is 51.5 Å². The van der Waals surface area contributed by atoms with Crippen molar-refractivity contribution in [3.8, 4) is 0 Å². The van der Waals surface area contributed by atoms with Crippen LogP contribution in [0.25, 0.3) is 0 Å². The van der Waals surface area contributed by atoms with Gasteiger partial charge in [0.1, 0.15) is 5.60 Å². The summed E-state index contributed by atoms with van der Waals surface area (Å²) < 4.78 is 0. The monoisotopic (exact) mass is 372 g/mol. The molecule has 0 radical (unpaired) electrons. The SMILES string of the molecule is CCNC(=NCC1(O)CCc2ccccc21)NCCc1ncc(CC)s1. The second-order valence-corrected chi connectivity index (χ2v) is 7.83. The normalized spacial score (nSPS) is 19.4. The van der Waals surface area contributed by atoms with E-state index in [1.165, 1.54) is 10.4 Å². The standard InChI is InChI=1S/C20H28N4OS/c1-3-16-13-23-18(26-16)10-12-22-19(21-4-2)24-14-20(25)11-9-15-7-5-6-8-17(15)20/h5-8,13,25H,3-4,9-12,14H2,1-2H3,(H2,21,22,24). The third-order valence-corrected chi connectivity index (χ3v) is 5.95. The molecule has 0 fully saturated rings. The molecule has 1 unspecified atom stereocenters. The van der Waals surface area contributed by atoms with E-state index in [2.05, 4.69) is 33.6 Å². The number of fused-ring (bicyclic) bond motifs is 1. The van der Waals surface area contributed by atoms with Crippen molar-refractivity contribution in [1.82, 2.24) is 15.6 Å². The van der Waals surface area contributed by atoms with Gasteiger partial charge < -0.3 is 15.7 Å². The lowest BCUT2D eigenvalue weighted by Gasteiger charge is -2.22. The van der Waals surface area contributed by atoms with Crippen LogP contribution in [0.5, 0.6) is 0 Å². The average molecular weight is 373 g/mol. The Bertz CT molecular complexity index is 758. The van der Waals surface area contributed by atoms with Gasteiger partial charge in [-0.15, -0.1) is 11.3 Å². The summed E-state index contributed by atoms with van der Waals surface area (Å²) in [4.78, 5) is 10.4. The van der Waals surface area contributed by atoms with Crippen LogP contribution < -0.4 is 10.6 Å². The maximum atomic E-state index is 11.0. The van der Waals surface area contributed by atoms with Gasteiger partial charge in [0.15, 0.2) is 5.96 Å². The molecule has 26 heavy (non-hydrogen) atoms. The Kier molecular flexibility index (Phi) is 6.27. The molecule has 1 aromatic carbocycles. The van der Waals surface area contributed by atoms with Gasteiger partial charge in [0, 0.05) is 30.6 Å². The molecule has 0 aliphatic heterocycles. The van der Waals surface area contributed by atoms with E-state index in [1.54, 1.807) is 11.3 Å². The number of rotatable bonds is 7. The van der Waals surface area contributed by atoms with E-state index in [0.29, 0.717) is 6.54 Å². The van der Waals surface area contributed by atoms with Crippen LogP contribution in [-0.2, 0) is 24.9 Å². The van der Waals surface area contributed by atoms with Crippen molar-refractivity contribution >= 4 is 17.3 Å². The molecular weight excluding hydrogens is 344 g/mol. The van der Waals surface area contributed by atoms with Crippen molar-refractivity contribution in [2.45, 2.75) is 45.1 Å². The smallest absolute Gasteiger partial charge is 0.191 e. The van der Waals surface area contributed by atoms with Gasteiger partial charge in [-0.05, 0) is 37.3 Å². The molecule has 0 amide bonds. The molecule has 1 aromatic heterocycles. The summed E-state index contributed by atoms with van der Waals surface area (Å²) in [6.45, 7) is 6.13. The Morgan fingerprint density at radius 1 is 1.31 bits per heavy atom. The molecule has 140 valence electrons. The zero-order chi connectivity index (χ0) is 18.4. The topological polar surface area (TPSA) is 69.5 Å². The largest absolute Gasteiger partial charge is 0.383 e. The summed E-state index contributed by atoms with van der Waals surface area (Å²) in [5.41, 5.74) is 1.40. The maximum Gasteiger partial charge on any atom is 0.191 e. The highest BCUT2D eigenvalue weighted by molar-refractivity contribution is 7.11. The number of hydrogen-bond donors (Lipinski definition) is 3. The first-order chi connectivity index (χ1) is 12.6. The van der Waals surface area contributed by atoms with Crippen molar-refractivity contribution in [3.63, 3.8) is 0 Å². The highest BCUT2D eigenvalue weighted by Gasteiger charge is 2.36. The number of nitrogens with zero attached hydrogens (tertiary/aromatic N) is 2. The molecule has 3 N–H and O–H groups in total. The predicted octanol–water partition coefficient (Wildman–Crippen LogP) is 2.64. The number of thiazole rings is 1. The first kappa shape index (κ1) is 18.9. The molecule has 3 rings (SSSR count). The number of hydrogen-bond acceptors (Lipinski definition) is 4. The Morgan fingerprint density at radius 3 is 2.92 bits per heavy atom. The molecule has 1 aliphatic carbocycles. The summed E-state index contributed by atoms with van der Waals surface area (Å²) in [7, 11) is 0. The fourth-order valence-corrected chi connectivity index (χ4v) is 4.16. The summed E-state index contributed by atoms with van der Waals surface area (Å²) in [6, 6.07) is 8.13. The molecule has 1 atom stereocenters. The Morgan fingerprint density at radius 2 is 2.15 bits per heavy atom. The van der Waals surface area contributed by atoms with E-state index in [-0.39, 0.29) is 0 Å². The van der Waals surface area contributed by atoms with Gasteiger partial charge in [0.25, 0.3) is 0 Å². The predicted molar refractivity (Wildman–Crippen MR) is 108 cm³/mol. The van der Waals surface area contributed by atoms with Crippen molar-refractivity contribution in [2.24, 2.45) is 4.99 Å². The third kappa shape index (κ3) is 4.43. The number of benzene rings is 1.